The molecule has 0 amide bonds. The van der Waals surface area contributed by atoms with Gasteiger partial charge in [-0.2, -0.15) is 50.5 Å². The summed E-state index contributed by atoms with van der Waals surface area (Å²) in [7, 11) is 0. The molecule has 0 fully saturated rings. The minimum atomic E-state index is 0.389. The summed E-state index contributed by atoms with van der Waals surface area (Å²) in [4.78, 5) is 14.2. The number of hydrogen-bond acceptors (Lipinski definition) is 10. The maximum Gasteiger partial charge on any atom is 0.143 e. The van der Waals surface area contributed by atoms with Crippen molar-refractivity contribution in [2.45, 2.75) is 0 Å². The molecule has 0 aliphatic carbocycles. The van der Waals surface area contributed by atoms with Crippen LogP contribution in [0.2, 0.25) is 0 Å². The molecule has 7 aromatic rings. The fraction of sp³-hybridized carbons (Fsp3) is 0.154. The van der Waals surface area contributed by atoms with E-state index in [4.69, 9.17) is 28.9 Å². The smallest absolute Gasteiger partial charge is 0.143 e. The van der Waals surface area contributed by atoms with Crippen LogP contribution in [-0.2, 0) is 0 Å². The number of aromatic nitrogens is 4. The molecule has 0 saturated heterocycles. The van der Waals surface area contributed by atoms with E-state index in [0.29, 0.717) is 72.4 Å². The number of para-hydroxylation sites is 5. The molecule has 64 heavy (non-hydrogen) atoms. The summed E-state index contributed by atoms with van der Waals surface area (Å²) in [5, 5.41) is 0. The maximum atomic E-state index is 6.62. The van der Waals surface area contributed by atoms with E-state index >= 15 is 0 Å². The van der Waals surface area contributed by atoms with Crippen LogP contribution in [0.1, 0.15) is 22.8 Å². The third kappa shape index (κ3) is 9.05. The minimum Gasteiger partial charge on any atom is -0.492 e. The van der Waals surface area contributed by atoms with Crippen molar-refractivity contribution in [3.05, 3.63) is 150 Å². The van der Waals surface area contributed by atoms with Crippen molar-refractivity contribution in [3.8, 4) is 62.1 Å². The van der Waals surface area contributed by atoms with Gasteiger partial charge in [-0.25, -0.2) is 9.97 Å². The molecule has 5 heterocycles. The number of benzene rings is 4. The van der Waals surface area contributed by atoms with Crippen LogP contribution in [0, 0.1) is 0 Å². The van der Waals surface area contributed by atoms with Crippen LogP contribution in [-0.4, -0.2) is 69.0 Å². The normalized spacial score (nSPS) is 11.8. The van der Waals surface area contributed by atoms with Crippen LogP contribution in [0.5, 0.6) is 23.0 Å². The average Bonchev–Trinajstić information content (AvgIpc) is 4.15. The lowest BCUT2D eigenvalue weighted by Gasteiger charge is -2.18. The molecule has 8 nitrogen and oxygen atoms in total. The minimum absolute atomic E-state index is 0.389. The molecule has 0 spiro atoms. The van der Waals surface area contributed by atoms with Gasteiger partial charge in [0.1, 0.15) is 23.0 Å². The molecule has 12 heteroatoms. The van der Waals surface area contributed by atoms with Gasteiger partial charge in [0.25, 0.3) is 0 Å². The van der Waals surface area contributed by atoms with E-state index in [-0.39, 0.29) is 0 Å². The maximum absolute atomic E-state index is 6.62. The van der Waals surface area contributed by atoms with E-state index in [1.165, 1.54) is 0 Å². The van der Waals surface area contributed by atoms with Crippen molar-refractivity contribution < 1.29 is 18.9 Å². The summed E-state index contributed by atoms with van der Waals surface area (Å²) in [6, 6.07) is 42.9. The van der Waals surface area contributed by atoms with Gasteiger partial charge in [0.05, 0.1) is 65.9 Å². The van der Waals surface area contributed by atoms with E-state index in [2.05, 4.69) is 121 Å². The van der Waals surface area contributed by atoms with Crippen molar-refractivity contribution in [1.82, 2.24) is 19.5 Å². The van der Waals surface area contributed by atoms with Crippen molar-refractivity contribution in [2.24, 2.45) is 0 Å². The van der Waals surface area contributed by atoms with Crippen LogP contribution in [0.3, 0.4) is 0 Å². The fourth-order valence-corrected chi connectivity index (χ4v) is 8.49. The number of ether oxygens (including phenoxy) is 4. The van der Waals surface area contributed by atoms with Crippen molar-refractivity contribution in [1.29, 1.82) is 0 Å². The number of nitrogens with zero attached hydrogens (tertiary/aromatic N) is 3. The van der Waals surface area contributed by atoms with Crippen LogP contribution in [0.25, 0.3) is 85.4 Å². The SMILES string of the molecule is SCCOc1ccccc1-c1c(-c2ccccc2OCCS)c2c(-c3ccccc3OCCS)c3nc(cc4ccc(cc5nc(cc1n2-c1ccccc1OCCS)C=C5)[nH]4)C=C3. The number of nitrogens with one attached hydrogen (secondary N) is 1. The molecule has 2 aliphatic heterocycles. The molecule has 0 saturated carbocycles. The molecule has 2 aliphatic rings. The first-order valence-corrected chi connectivity index (χ1v) is 23.6. The van der Waals surface area contributed by atoms with E-state index in [9.17, 15) is 0 Å². The molecule has 1 N–H and O–H groups in total. The third-order valence-electron chi connectivity index (χ3n) is 10.6. The highest BCUT2D eigenvalue weighted by molar-refractivity contribution is 7.80. The predicted octanol–water partition coefficient (Wildman–Crippen LogP) is 12.4. The van der Waals surface area contributed by atoms with Crippen molar-refractivity contribution in [3.63, 3.8) is 0 Å². The Morgan fingerprint density at radius 2 is 0.875 bits per heavy atom. The van der Waals surface area contributed by atoms with Crippen LogP contribution >= 0.6 is 50.5 Å². The van der Waals surface area contributed by atoms with Gasteiger partial charge in [-0.3, -0.25) is 0 Å². The molecule has 0 radical (unpaired) electrons. The van der Waals surface area contributed by atoms with Crippen LogP contribution in [0.4, 0.5) is 0 Å². The first-order chi connectivity index (χ1) is 31.6. The topological polar surface area (TPSA) is 83.4 Å². The Bertz CT molecular complexity index is 3050. The van der Waals surface area contributed by atoms with Crippen molar-refractivity contribution >= 4 is 96.9 Å². The van der Waals surface area contributed by atoms with Gasteiger partial charge in [0.2, 0.25) is 0 Å². The van der Waals surface area contributed by atoms with E-state index in [1.807, 2.05) is 91.0 Å². The second-order valence-corrected chi connectivity index (χ2v) is 16.6. The zero-order valence-corrected chi connectivity index (χ0v) is 38.4. The lowest BCUT2D eigenvalue weighted by Crippen LogP contribution is -2.05. The zero-order chi connectivity index (χ0) is 43.8. The Balaban J connectivity index is 1.63. The van der Waals surface area contributed by atoms with Gasteiger partial charge in [-0.15, -0.1) is 0 Å². The number of aromatic amines is 1. The summed E-state index contributed by atoms with van der Waals surface area (Å²) >= 11 is 18.2. The molecule has 322 valence electrons. The molecular formula is C52H46N4O4S4. The zero-order valence-electron chi connectivity index (χ0n) is 34.9. The molecule has 0 atom stereocenters. The van der Waals surface area contributed by atoms with Gasteiger partial charge in [-0.1, -0.05) is 66.7 Å². The van der Waals surface area contributed by atoms with Gasteiger partial charge in [0, 0.05) is 67.4 Å². The fourth-order valence-electron chi connectivity index (χ4n) is 8.13. The highest BCUT2D eigenvalue weighted by Gasteiger charge is 2.30. The Labute approximate surface area is 394 Å². The third-order valence-corrected chi connectivity index (χ3v) is 11.4. The number of fused-ring (bicyclic) bond motifs is 8. The molecule has 4 aromatic carbocycles. The number of hydrogen-bond donors (Lipinski definition) is 5. The summed E-state index contributed by atoms with van der Waals surface area (Å²) < 4.78 is 28.7. The highest BCUT2D eigenvalue weighted by Crippen LogP contribution is 2.52. The predicted molar refractivity (Wildman–Crippen MR) is 278 cm³/mol. The van der Waals surface area contributed by atoms with Crippen molar-refractivity contribution in [2.75, 3.05) is 49.4 Å². The summed E-state index contributed by atoms with van der Waals surface area (Å²) in [5.41, 5.74) is 12.5. The Kier molecular flexibility index (Phi) is 13.7. The molecule has 9 rings (SSSR count). The average molecular weight is 919 g/mol. The molecular weight excluding hydrogens is 873 g/mol. The quantitative estimate of drug-likeness (QED) is 0.0621. The van der Waals surface area contributed by atoms with Gasteiger partial charge in [-0.05, 0) is 85.0 Å². The highest BCUT2D eigenvalue weighted by atomic mass is 32.1. The van der Waals surface area contributed by atoms with E-state index in [1.54, 1.807) is 0 Å². The number of H-pyrrole nitrogens is 1. The standard InChI is InChI=1S/C52H46N4O4S4/c61-27-23-57-45-13-5-1-9-39(45)49-42-22-21-37(55-42)32-36-18-17-34(53-36)31-35-19-20-38(54-35)33-44-50(40-10-2-6-14-46(40)58-24-28-62)51(41-11-3-7-15-47(41)59-25-29-63)52(49)56(44)43-12-4-8-16-48(43)60-26-30-64/h1-22,31-33,53,61-64H,23-30H2. The van der Waals surface area contributed by atoms with Crippen LogP contribution in [0.15, 0.2) is 127 Å². The van der Waals surface area contributed by atoms with Gasteiger partial charge < -0.3 is 28.5 Å². The summed E-state index contributed by atoms with van der Waals surface area (Å²) in [5.74, 6) is 4.86. The number of thiol groups is 4. The summed E-state index contributed by atoms with van der Waals surface area (Å²) in [6.45, 7) is 1.58. The first-order valence-electron chi connectivity index (χ1n) is 21.1. The first kappa shape index (κ1) is 43.3. The Morgan fingerprint density at radius 1 is 0.438 bits per heavy atom. The molecule has 0 unspecified atom stereocenters. The monoisotopic (exact) mass is 918 g/mol. The lowest BCUT2D eigenvalue weighted by molar-refractivity contribution is 0.343. The molecule has 3 aromatic heterocycles. The summed E-state index contributed by atoms with van der Waals surface area (Å²) in [6.07, 6.45) is 8.21. The van der Waals surface area contributed by atoms with Gasteiger partial charge >= 0.3 is 0 Å². The van der Waals surface area contributed by atoms with E-state index < -0.39 is 0 Å². The Morgan fingerprint density at radius 3 is 1.44 bits per heavy atom. The second kappa shape index (κ2) is 20.3. The van der Waals surface area contributed by atoms with Gasteiger partial charge in [0.15, 0.2) is 0 Å². The lowest BCUT2D eigenvalue weighted by atomic mass is 9.92. The molecule has 8 bridgehead atoms. The van der Waals surface area contributed by atoms with E-state index in [0.717, 1.165) is 83.9 Å². The number of rotatable bonds is 16. The van der Waals surface area contributed by atoms with Crippen LogP contribution < -0.4 is 18.9 Å². The second-order valence-electron chi connectivity index (χ2n) is 14.8. The Hall–Kier alpha value is -5.92. The largest absolute Gasteiger partial charge is 0.492 e.